The average molecular weight is 515 g/mol. The smallest absolute Gasteiger partial charge is 0.219 e. The Labute approximate surface area is 226 Å². The van der Waals surface area contributed by atoms with Gasteiger partial charge in [0, 0.05) is 41.8 Å². The zero-order chi connectivity index (χ0) is 26.1. The van der Waals surface area contributed by atoms with Crippen LogP contribution in [-0.4, -0.2) is 13.0 Å². The van der Waals surface area contributed by atoms with Gasteiger partial charge in [-0.1, -0.05) is 66.4 Å². The van der Waals surface area contributed by atoms with Crippen LogP contribution in [0.5, 0.6) is 0 Å². The molecule has 0 bridgehead atoms. The van der Waals surface area contributed by atoms with E-state index in [4.69, 9.17) is 11.5 Å². The molecule has 0 saturated heterocycles. The van der Waals surface area contributed by atoms with Gasteiger partial charge in [0.05, 0.1) is 22.6 Å². The van der Waals surface area contributed by atoms with Gasteiger partial charge in [-0.3, -0.25) is 0 Å². The minimum atomic E-state index is 0.0973. The Morgan fingerprint density at radius 2 is 1.58 bits per heavy atom. The lowest BCUT2D eigenvalue weighted by Crippen LogP contribution is -2.34. The number of fused-ring (bicyclic) bond motifs is 2. The SMILES string of the molecule is CN1/C(=C/c2cc(-c3ccc(CN=C(N)N)cc3)[n+](-c3ccccc3)c3ccccc23)Sc2ccccc21. The Morgan fingerprint density at radius 3 is 2.34 bits per heavy atom. The largest absolute Gasteiger partial charge is 0.370 e. The molecule has 1 aliphatic heterocycles. The second-order valence-corrected chi connectivity index (χ2v) is 10.3. The second kappa shape index (κ2) is 10.1. The summed E-state index contributed by atoms with van der Waals surface area (Å²) in [4.78, 5) is 7.70. The highest BCUT2D eigenvalue weighted by molar-refractivity contribution is 8.03. The third kappa shape index (κ3) is 4.51. The van der Waals surface area contributed by atoms with Crippen LogP contribution in [-0.2, 0) is 6.54 Å². The molecule has 5 aromatic rings. The lowest BCUT2D eigenvalue weighted by atomic mass is 10.0. The van der Waals surface area contributed by atoms with Crippen LogP contribution in [0, 0.1) is 0 Å². The van der Waals surface area contributed by atoms with Crippen LogP contribution >= 0.6 is 11.8 Å². The Morgan fingerprint density at radius 1 is 0.868 bits per heavy atom. The predicted octanol–water partition coefficient (Wildman–Crippen LogP) is 6.10. The standard InChI is InChI=1S/C32H28N5S/c1-36-28-13-7-8-14-30(28)38-31(36)20-24-19-29(23-17-15-22(16-18-23)21-35-32(33)34)37(25-9-3-2-4-10-25)27-12-6-5-11-26(24)27/h2-20H,21H2,1H3,(H4,33,34,35)/q+1. The molecule has 0 saturated carbocycles. The zero-order valence-corrected chi connectivity index (χ0v) is 21.9. The molecule has 1 aromatic heterocycles. The first kappa shape index (κ1) is 23.8. The van der Waals surface area contributed by atoms with Gasteiger partial charge in [0.1, 0.15) is 0 Å². The molecule has 5 nitrogen and oxygen atoms in total. The van der Waals surface area contributed by atoms with Crippen molar-refractivity contribution in [3.05, 3.63) is 125 Å². The topological polar surface area (TPSA) is 71.5 Å². The number of aliphatic imine (C=N–C) groups is 1. The van der Waals surface area contributed by atoms with Crippen molar-refractivity contribution in [3.8, 4) is 16.9 Å². The van der Waals surface area contributed by atoms with Crippen LogP contribution in [0.1, 0.15) is 11.1 Å². The van der Waals surface area contributed by atoms with E-state index < -0.39 is 0 Å². The summed E-state index contributed by atoms with van der Waals surface area (Å²) in [6.45, 7) is 0.459. The summed E-state index contributed by atoms with van der Waals surface area (Å²) in [5.41, 5.74) is 19.0. The fourth-order valence-corrected chi connectivity index (χ4v) is 5.97. The number of benzene rings is 4. The third-order valence-corrected chi connectivity index (χ3v) is 7.91. The van der Waals surface area contributed by atoms with E-state index in [1.165, 1.54) is 26.6 Å². The molecular weight excluding hydrogens is 486 g/mol. The first-order chi connectivity index (χ1) is 18.6. The Balaban J connectivity index is 1.55. The molecule has 0 spiro atoms. The minimum absolute atomic E-state index is 0.0973. The Kier molecular flexibility index (Phi) is 6.32. The monoisotopic (exact) mass is 514 g/mol. The molecule has 2 heterocycles. The molecule has 0 aliphatic carbocycles. The molecule has 0 radical (unpaired) electrons. The molecule has 1 aliphatic rings. The van der Waals surface area contributed by atoms with Crippen LogP contribution in [0.15, 0.2) is 124 Å². The van der Waals surface area contributed by atoms with E-state index in [1.807, 2.05) is 17.8 Å². The molecule has 186 valence electrons. The average Bonchev–Trinajstić information content (AvgIpc) is 3.27. The molecule has 4 N–H and O–H groups in total. The summed E-state index contributed by atoms with van der Waals surface area (Å²) in [5, 5.41) is 2.40. The van der Waals surface area contributed by atoms with Crippen molar-refractivity contribution in [1.29, 1.82) is 0 Å². The first-order valence-electron chi connectivity index (χ1n) is 12.5. The van der Waals surface area contributed by atoms with Crippen molar-refractivity contribution in [1.82, 2.24) is 0 Å². The van der Waals surface area contributed by atoms with Crippen molar-refractivity contribution in [2.45, 2.75) is 11.4 Å². The van der Waals surface area contributed by atoms with Gasteiger partial charge in [-0.05, 0) is 47.5 Å². The Bertz CT molecular complexity index is 1690. The number of para-hydroxylation sites is 3. The van der Waals surface area contributed by atoms with Crippen LogP contribution < -0.4 is 20.9 Å². The van der Waals surface area contributed by atoms with Crippen molar-refractivity contribution >= 4 is 40.4 Å². The fourth-order valence-electron chi connectivity index (χ4n) is 4.86. The van der Waals surface area contributed by atoms with Gasteiger partial charge in [-0.2, -0.15) is 4.57 Å². The maximum absolute atomic E-state index is 5.53. The molecule has 6 rings (SSSR count). The van der Waals surface area contributed by atoms with E-state index in [0.29, 0.717) is 6.54 Å². The number of nitrogens with two attached hydrogens (primary N) is 2. The highest BCUT2D eigenvalue weighted by Crippen LogP contribution is 2.45. The van der Waals surface area contributed by atoms with Gasteiger partial charge in [-0.25, -0.2) is 4.99 Å². The lowest BCUT2D eigenvalue weighted by Gasteiger charge is -2.15. The van der Waals surface area contributed by atoms with E-state index in [1.54, 1.807) is 0 Å². The maximum Gasteiger partial charge on any atom is 0.219 e. The molecular formula is C32H28N5S+. The number of hydrogen-bond donors (Lipinski definition) is 2. The number of hydrogen-bond acceptors (Lipinski definition) is 3. The summed E-state index contributed by atoms with van der Waals surface area (Å²) in [7, 11) is 2.14. The van der Waals surface area contributed by atoms with Crippen LogP contribution in [0.25, 0.3) is 33.9 Å². The molecule has 6 heteroatoms. The summed E-state index contributed by atoms with van der Waals surface area (Å²) in [6, 6.07) is 38.4. The normalized spacial score (nSPS) is 13.6. The van der Waals surface area contributed by atoms with Crippen LogP contribution in [0.3, 0.4) is 0 Å². The van der Waals surface area contributed by atoms with E-state index in [-0.39, 0.29) is 5.96 Å². The van der Waals surface area contributed by atoms with E-state index in [0.717, 1.165) is 28.0 Å². The number of pyridine rings is 1. The molecule has 0 unspecified atom stereocenters. The maximum atomic E-state index is 5.53. The molecule has 38 heavy (non-hydrogen) atoms. The van der Waals surface area contributed by atoms with Crippen molar-refractivity contribution in [2.24, 2.45) is 16.5 Å². The summed E-state index contributed by atoms with van der Waals surface area (Å²) in [5.74, 6) is 0.0973. The number of nitrogens with zero attached hydrogens (tertiary/aromatic N) is 3. The van der Waals surface area contributed by atoms with Crippen LogP contribution in [0.4, 0.5) is 5.69 Å². The molecule has 4 aromatic carbocycles. The Hall–Kier alpha value is -4.55. The quantitative estimate of drug-likeness (QED) is 0.169. The second-order valence-electron chi connectivity index (χ2n) is 9.22. The molecule has 0 fully saturated rings. The first-order valence-corrected chi connectivity index (χ1v) is 13.3. The van der Waals surface area contributed by atoms with Crippen molar-refractivity contribution < 1.29 is 4.57 Å². The minimum Gasteiger partial charge on any atom is -0.370 e. The molecule has 0 atom stereocenters. The van der Waals surface area contributed by atoms with Crippen LogP contribution in [0.2, 0.25) is 0 Å². The molecule has 0 amide bonds. The van der Waals surface area contributed by atoms with Gasteiger partial charge >= 0.3 is 0 Å². The van der Waals surface area contributed by atoms with Gasteiger partial charge < -0.3 is 16.4 Å². The number of rotatable bonds is 5. The van der Waals surface area contributed by atoms with Crippen molar-refractivity contribution in [3.63, 3.8) is 0 Å². The zero-order valence-electron chi connectivity index (χ0n) is 21.1. The van der Waals surface area contributed by atoms with Gasteiger partial charge in [0.15, 0.2) is 5.96 Å². The van der Waals surface area contributed by atoms with Gasteiger partial charge in [-0.15, -0.1) is 0 Å². The highest BCUT2D eigenvalue weighted by atomic mass is 32.2. The lowest BCUT2D eigenvalue weighted by molar-refractivity contribution is -0.555. The fraction of sp³-hybridized carbons (Fsp3) is 0.0625. The number of thioether (sulfide) groups is 1. The number of aromatic nitrogens is 1. The summed E-state index contributed by atoms with van der Waals surface area (Å²) < 4.78 is 2.34. The van der Waals surface area contributed by atoms with Crippen molar-refractivity contribution in [2.75, 3.05) is 11.9 Å². The van der Waals surface area contributed by atoms with E-state index >= 15 is 0 Å². The van der Waals surface area contributed by atoms with Gasteiger partial charge in [0.25, 0.3) is 0 Å². The number of anilines is 1. The summed E-state index contributed by atoms with van der Waals surface area (Å²) >= 11 is 1.81. The van der Waals surface area contributed by atoms with E-state index in [9.17, 15) is 0 Å². The predicted molar refractivity (Wildman–Crippen MR) is 159 cm³/mol. The number of guanidine groups is 1. The highest BCUT2D eigenvalue weighted by Gasteiger charge is 2.25. The summed E-state index contributed by atoms with van der Waals surface area (Å²) in [6.07, 6.45) is 2.30. The third-order valence-electron chi connectivity index (χ3n) is 6.75. The van der Waals surface area contributed by atoms with E-state index in [2.05, 4.69) is 131 Å². The van der Waals surface area contributed by atoms with Gasteiger partial charge in [0.2, 0.25) is 16.9 Å².